The summed E-state index contributed by atoms with van der Waals surface area (Å²) in [5, 5.41) is 0. The average molecular weight is 428 g/mol. The Morgan fingerprint density at radius 1 is 1.11 bits per heavy atom. The maximum Gasteiger partial charge on any atom is 0.124 e. The molecule has 2 aromatic carbocycles. The Labute approximate surface area is 170 Å². The lowest BCUT2D eigenvalue weighted by atomic mass is 9.53. The molecule has 0 aromatic heterocycles. The fourth-order valence-electron chi connectivity index (χ4n) is 5.62. The molecule has 27 heavy (non-hydrogen) atoms. The van der Waals surface area contributed by atoms with E-state index in [-0.39, 0.29) is 11.2 Å². The Hall–Kier alpha value is -1.45. The van der Waals surface area contributed by atoms with Crippen molar-refractivity contribution < 1.29 is 4.39 Å². The van der Waals surface area contributed by atoms with Crippen LogP contribution in [0.15, 0.2) is 65.7 Å². The molecule has 2 unspecified atom stereocenters. The molecule has 3 heteroatoms. The van der Waals surface area contributed by atoms with Crippen LogP contribution in [0.5, 0.6) is 0 Å². The highest BCUT2D eigenvalue weighted by molar-refractivity contribution is 9.10. The predicted molar refractivity (Wildman–Crippen MR) is 113 cm³/mol. The van der Waals surface area contributed by atoms with Crippen LogP contribution in [0, 0.1) is 17.7 Å². The van der Waals surface area contributed by atoms with E-state index < -0.39 is 0 Å². The van der Waals surface area contributed by atoms with Crippen molar-refractivity contribution in [2.24, 2.45) is 11.8 Å². The number of fused-ring (bicyclic) bond motifs is 2. The molecule has 1 saturated heterocycles. The van der Waals surface area contributed by atoms with Crippen molar-refractivity contribution in [3.63, 3.8) is 0 Å². The van der Waals surface area contributed by atoms with Gasteiger partial charge in [-0.25, -0.2) is 4.39 Å². The number of rotatable bonds is 5. The zero-order valence-corrected chi connectivity index (χ0v) is 17.3. The Morgan fingerprint density at radius 2 is 1.81 bits per heavy atom. The maximum atomic E-state index is 14.3. The van der Waals surface area contributed by atoms with Gasteiger partial charge >= 0.3 is 0 Å². The minimum atomic E-state index is -0.146. The van der Waals surface area contributed by atoms with Gasteiger partial charge in [-0.15, -0.1) is 6.58 Å². The molecule has 2 atom stereocenters. The van der Waals surface area contributed by atoms with Crippen LogP contribution in [0.25, 0.3) is 0 Å². The highest BCUT2D eigenvalue weighted by Gasteiger charge is 2.51. The van der Waals surface area contributed by atoms with Crippen LogP contribution in [-0.2, 0) is 12.0 Å². The van der Waals surface area contributed by atoms with Gasteiger partial charge in [0.05, 0.1) is 0 Å². The molecule has 4 rings (SSSR count). The molecule has 2 aliphatic rings. The van der Waals surface area contributed by atoms with Crippen LogP contribution in [0.3, 0.4) is 0 Å². The lowest BCUT2D eigenvalue weighted by molar-refractivity contribution is -0.00841. The number of halogens is 2. The van der Waals surface area contributed by atoms with Crippen molar-refractivity contribution in [2.45, 2.75) is 37.6 Å². The van der Waals surface area contributed by atoms with Crippen LogP contribution in [0.1, 0.15) is 36.8 Å². The van der Waals surface area contributed by atoms with Crippen LogP contribution < -0.4 is 0 Å². The van der Waals surface area contributed by atoms with E-state index in [1.165, 1.54) is 24.8 Å². The molecule has 0 amide bonds. The Morgan fingerprint density at radius 3 is 2.44 bits per heavy atom. The third-order valence-corrected chi connectivity index (χ3v) is 7.11. The molecule has 1 aliphatic heterocycles. The molecule has 0 N–H and O–H groups in total. The number of benzene rings is 2. The standard InChI is InChI=1S/C24H27BrFN/c1-2-11-24(21-12-22(25)14-23(26)13-21)19-9-6-10-20(24)17-27(16-19)15-18-7-4-3-5-8-18/h2-5,7-8,12-14,19-20H,1,6,9-11,15-17H2. The van der Waals surface area contributed by atoms with Crippen molar-refractivity contribution in [2.75, 3.05) is 13.1 Å². The molecule has 2 bridgehead atoms. The maximum absolute atomic E-state index is 14.3. The van der Waals surface area contributed by atoms with E-state index in [4.69, 9.17) is 0 Å². The largest absolute Gasteiger partial charge is 0.298 e. The molecular formula is C24H27BrFN. The monoisotopic (exact) mass is 427 g/mol. The molecule has 1 nitrogen and oxygen atoms in total. The average Bonchev–Trinajstić information content (AvgIpc) is 2.62. The van der Waals surface area contributed by atoms with E-state index in [1.54, 1.807) is 12.1 Å². The summed E-state index contributed by atoms with van der Waals surface area (Å²) in [6.45, 7) is 7.22. The SMILES string of the molecule is C=CCC1(c2cc(F)cc(Br)c2)C2CCCC1CN(Cc1ccccc1)C2. The second-order valence-electron chi connectivity index (χ2n) is 8.20. The highest BCUT2D eigenvalue weighted by atomic mass is 79.9. The Kier molecular flexibility index (Phi) is 5.52. The van der Waals surface area contributed by atoms with Gasteiger partial charge in [-0.1, -0.05) is 58.8 Å². The van der Waals surface area contributed by atoms with E-state index in [1.807, 2.05) is 0 Å². The summed E-state index contributed by atoms with van der Waals surface area (Å²) in [4.78, 5) is 2.61. The van der Waals surface area contributed by atoms with E-state index in [2.05, 4.69) is 69.9 Å². The second-order valence-corrected chi connectivity index (χ2v) is 9.11. The molecule has 142 valence electrons. The van der Waals surface area contributed by atoms with Gasteiger partial charge in [0.25, 0.3) is 0 Å². The Balaban J connectivity index is 1.68. The van der Waals surface area contributed by atoms with Crippen LogP contribution in [0.2, 0.25) is 0 Å². The molecule has 0 radical (unpaired) electrons. The van der Waals surface area contributed by atoms with Gasteiger partial charge < -0.3 is 0 Å². The highest BCUT2D eigenvalue weighted by Crippen LogP contribution is 2.53. The number of hydrogen-bond acceptors (Lipinski definition) is 1. The first-order valence-electron chi connectivity index (χ1n) is 9.95. The van der Waals surface area contributed by atoms with Crippen LogP contribution in [0.4, 0.5) is 4.39 Å². The third kappa shape index (κ3) is 3.64. The minimum absolute atomic E-state index is 0.0117. The third-order valence-electron chi connectivity index (χ3n) is 6.65. The van der Waals surface area contributed by atoms with E-state index >= 15 is 0 Å². The van der Waals surface area contributed by atoms with Crippen molar-refractivity contribution in [3.8, 4) is 0 Å². The fourth-order valence-corrected chi connectivity index (χ4v) is 6.09. The molecule has 2 fully saturated rings. The first kappa shape index (κ1) is 18.9. The first-order chi connectivity index (χ1) is 13.1. The Bertz CT molecular complexity index is 769. The summed E-state index contributed by atoms with van der Waals surface area (Å²) in [5.74, 6) is 0.938. The van der Waals surface area contributed by atoms with Crippen molar-refractivity contribution >= 4 is 15.9 Å². The van der Waals surface area contributed by atoms with Crippen molar-refractivity contribution in [1.82, 2.24) is 4.90 Å². The van der Waals surface area contributed by atoms with E-state index in [0.717, 1.165) is 36.1 Å². The van der Waals surface area contributed by atoms with Gasteiger partial charge in [-0.3, -0.25) is 4.90 Å². The normalized spacial score (nSPS) is 28.1. The number of piperidine rings is 1. The summed E-state index contributed by atoms with van der Waals surface area (Å²) < 4.78 is 15.1. The summed E-state index contributed by atoms with van der Waals surface area (Å²) in [7, 11) is 0. The van der Waals surface area contributed by atoms with Gasteiger partial charge in [0.1, 0.15) is 5.82 Å². The molecule has 1 aliphatic carbocycles. The summed E-state index contributed by atoms with van der Waals surface area (Å²) in [6.07, 6.45) is 6.69. The lowest BCUT2D eigenvalue weighted by Gasteiger charge is -2.56. The summed E-state index contributed by atoms with van der Waals surface area (Å²) in [6, 6.07) is 16.2. The number of hydrogen-bond donors (Lipinski definition) is 0. The quantitative estimate of drug-likeness (QED) is 0.503. The first-order valence-corrected chi connectivity index (χ1v) is 10.7. The van der Waals surface area contributed by atoms with Crippen LogP contribution >= 0.6 is 15.9 Å². The lowest BCUT2D eigenvalue weighted by Crippen LogP contribution is -2.57. The second kappa shape index (κ2) is 7.89. The molecule has 1 heterocycles. The van der Waals surface area contributed by atoms with Crippen molar-refractivity contribution in [3.05, 3.63) is 82.6 Å². The molecule has 2 aromatic rings. The van der Waals surface area contributed by atoms with E-state index in [0.29, 0.717) is 11.8 Å². The van der Waals surface area contributed by atoms with Gasteiger partial charge in [0.15, 0.2) is 0 Å². The van der Waals surface area contributed by atoms with Gasteiger partial charge in [-0.05, 0) is 60.4 Å². The molecule has 0 spiro atoms. The van der Waals surface area contributed by atoms with E-state index in [9.17, 15) is 4.39 Å². The number of nitrogens with zero attached hydrogens (tertiary/aromatic N) is 1. The predicted octanol–water partition coefficient (Wildman–Crippen LogP) is 6.33. The number of allylic oxidation sites excluding steroid dienone is 1. The van der Waals surface area contributed by atoms with Crippen LogP contribution in [-0.4, -0.2) is 18.0 Å². The van der Waals surface area contributed by atoms with Gasteiger partial charge in [0.2, 0.25) is 0 Å². The summed E-state index contributed by atoms with van der Waals surface area (Å²) >= 11 is 3.51. The van der Waals surface area contributed by atoms with Gasteiger partial charge in [-0.2, -0.15) is 0 Å². The minimum Gasteiger partial charge on any atom is -0.298 e. The van der Waals surface area contributed by atoms with Crippen molar-refractivity contribution in [1.29, 1.82) is 0 Å². The topological polar surface area (TPSA) is 3.24 Å². The fraction of sp³-hybridized carbons (Fsp3) is 0.417. The summed E-state index contributed by atoms with van der Waals surface area (Å²) in [5.41, 5.74) is 2.54. The molecular weight excluding hydrogens is 401 g/mol. The zero-order valence-electron chi connectivity index (χ0n) is 15.7. The number of likely N-dealkylation sites (tertiary alicyclic amines) is 1. The molecule has 1 saturated carbocycles. The van der Waals surface area contributed by atoms with Gasteiger partial charge in [0, 0.05) is 29.5 Å². The smallest absolute Gasteiger partial charge is 0.124 e. The zero-order chi connectivity index (χ0) is 18.9.